The predicted molar refractivity (Wildman–Crippen MR) is 81.4 cm³/mol. The molecule has 1 aliphatic rings. The molecule has 110 valence electrons. The number of hydrogen-bond acceptors (Lipinski definition) is 4. The highest BCUT2D eigenvalue weighted by atomic mass is 16.4. The number of carboxylic acid groups (broad SMARTS) is 1. The van der Waals surface area contributed by atoms with E-state index in [-0.39, 0.29) is 0 Å². The summed E-state index contributed by atoms with van der Waals surface area (Å²) in [6, 6.07) is 5.51. The summed E-state index contributed by atoms with van der Waals surface area (Å²) < 4.78 is 0. The average molecular weight is 277 g/mol. The number of nitrogens with two attached hydrogens (primary N) is 1. The Hall–Kier alpha value is -1.75. The maximum absolute atomic E-state index is 11.5. The van der Waals surface area contributed by atoms with Gasteiger partial charge in [-0.2, -0.15) is 0 Å². The van der Waals surface area contributed by atoms with E-state index >= 15 is 0 Å². The van der Waals surface area contributed by atoms with Crippen LogP contribution in [-0.4, -0.2) is 48.7 Å². The summed E-state index contributed by atoms with van der Waals surface area (Å²) in [5.41, 5.74) is 7.30. The third-order valence-electron chi connectivity index (χ3n) is 3.93. The number of hydrogen-bond donors (Lipinski definition) is 2. The molecule has 1 atom stereocenters. The molecular weight excluding hydrogens is 254 g/mol. The van der Waals surface area contributed by atoms with Gasteiger partial charge in [0, 0.05) is 24.8 Å². The van der Waals surface area contributed by atoms with Crippen LogP contribution >= 0.6 is 0 Å². The zero-order valence-corrected chi connectivity index (χ0v) is 12.2. The Morgan fingerprint density at radius 1 is 1.45 bits per heavy atom. The standard InChI is InChI=1S/C15H23N3O2/c1-3-12-10-17(2)7-4-8-18(12)14-6-5-11(16)9-13(14)15(19)20/h5-6,9,12H,3-4,7-8,10,16H2,1-2H3,(H,19,20). The number of carboxylic acids is 1. The molecule has 1 aromatic carbocycles. The van der Waals surface area contributed by atoms with Crippen LogP contribution in [0.4, 0.5) is 11.4 Å². The molecule has 0 aliphatic carbocycles. The molecule has 0 spiro atoms. The van der Waals surface area contributed by atoms with Crippen molar-refractivity contribution >= 4 is 17.3 Å². The minimum Gasteiger partial charge on any atom is -0.478 e. The van der Waals surface area contributed by atoms with Crippen LogP contribution in [0, 0.1) is 0 Å². The summed E-state index contributed by atoms with van der Waals surface area (Å²) in [6.45, 7) is 5.03. The molecule has 1 heterocycles. The molecule has 20 heavy (non-hydrogen) atoms. The summed E-state index contributed by atoms with van der Waals surface area (Å²) in [6.07, 6.45) is 2.03. The monoisotopic (exact) mass is 277 g/mol. The number of anilines is 2. The van der Waals surface area contributed by atoms with Gasteiger partial charge in [0.2, 0.25) is 0 Å². The van der Waals surface area contributed by atoms with E-state index in [2.05, 4.69) is 23.8 Å². The largest absolute Gasteiger partial charge is 0.478 e. The van der Waals surface area contributed by atoms with Crippen LogP contribution < -0.4 is 10.6 Å². The van der Waals surface area contributed by atoms with Crippen LogP contribution in [0.15, 0.2) is 18.2 Å². The first kappa shape index (κ1) is 14.7. The highest BCUT2D eigenvalue weighted by Gasteiger charge is 2.25. The first-order chi connectivity index (χ1) is 9.52. The van der Waals surface area contributed by atoms with Crippen molar-refractivity contribution in [3.63, 3.8) is 0 Å². The molecule has 1 saturated heterocycles. The molecule has 0 bridgehead atoms. The third kappa shape index (κ3) is 3.04. The third-order valence-corrected chi connectivity index (χ3v) is 3.93. The second kappa shape index (κ2) is 6.13. The number of nitrogens with zero attached hydrogens (tertiary/aromatic N) is 2. The van der Waals surface area contributed by atoms with E-state index < -0.39 is 5.97 Å². The summed E-state index contributed by atoms with van der Waals surface area (Å²) in [5.74, 6) is -0.917. The van der Waals surface area contributed by atoms with Crippen LogP contribution in [0.1, 0.15) is 30.1 Å². The van der Waals surface area contributed by atoms with Crippen LogP contribution in [-0.2, 0) is 0 Å². The van der Waals surface area contributed by atoms with Crippen molar-refractivity contribution in [2.24, 2.45) is 0 Å². The zero-order chi connectivity index (χ0) is 14.7. The molecule has 1 aromatic rings. The van der Waals surface area contributed by atoms with E-state index in [1.807, 2.05) is 6.07 Å². The maximum Gasteiger partial charge on any atom is 0.337 e. The van der Waals surface area contributed by atoms with Gasteiger partial charge in [0.25, 0.3) is 0 Å². The number of likely N-dealkylation sites (N-methyl/N-ethyl adjacent to an activating group) is 1. The summed E-state index contributed by atoms with van der Waals surface area (Å²) in [7, 11) is 2.12. The Bertz CT molecular complexity index is 490. The molecule has 5 nitrogen and oxygen atoms in total. The fourth-order valence-electron chi connectivity index (χ4n) is 2.89. The van der Waals surface area contributed by atoms with E-state index in [1.165, 1.54) is 0 Å². The summed E-state index contributed by atoms with van der Waals surface area (Å²) >= 11 is 0. The maximum atomic E-state index is 11.5. The Labute approximate surface area is 120 Å². The van der Waals surface area contributed by atoms with E-state index in [4.69, 9.17) is 5.73 Å². The van der Waals surface area contributed by atoms with E-state index in [9.17, 15) is 9.90 Å². The molecule has 2 rings (SSSR count). The van der Waals surface area contributed by atoms with Gasteiger partial charge in [0.1, 0.15) is 0 Å². The Morgan fingerprint density at radius 2 is 2.20 bits per heavy atom. The molecule has 5 heteroatoms. The second-order valence-electron chi connectivity index (χ2n) is 5.45. The van der Waals surface area contributed by atoms with Crippen LogP contribution in [0.3, 0.4) is 0 Å². The summed E-state index contributed by atoms with van der Waals surface area (Å²) in [5, 5.41) is 9.41. The topological polar surface area (TPSA) is 69.8 Å². The molecule has 1 fully saturated rings. The second-order valence-corrected chi connectivity index (χ2v) is 5.45. The van der Waals surface area contributed by atoms with Gasteiger partial charge in [0.05, 0.1) is 11.3 Å². The van der Waals surface area contributed by atoms with Crippen molar-refractivity contribution in [2.75, 3.05) is 37.3 Å². The van der Waals surface area contributed by atoms with Gasteiger partial charge in [-0.25, -0.2) is 4.79 Å². The zero-order valence-electron chi connectivity index (χ0n) is 12.2. The minimum absolute atomic E-state index is 0.299. The van der Waals surface area contributed by atoms with E-state index in [0.29, 0.717) is 17.3 Å². The lowest BCUT2D eigenvalue weighted by Gasteiger charge is -2.33. The van der Waals surface area contributed by atoms with E-state index in [0.717, 1.165) is 38.2 Å². The Balaban J connectivity index is 2.39. The fraction of sp³-hybridized carbons (Fsp3) is 0.533. The number of nitrogen functional groups attached to an aromatic ring is 1. The number of carbonyl (C=O) groups is 1. The SMILES string of the molecule is CCC1CN(C)CCCN1c1ccc(N)cc1C(=O)O. The smallest absolute Gasteiger partial charge is 0.337 e. The van der Waals surface area contributed by atoms with Crippen molar-refractivity contribution < 1.29 is 9.90 Å². The van der Waals surface area contributed by atoms with Gasteiger partial charge >= 0.3 is 5.97 Å². The first-order valence-corrected chi connectivity index (χ1v) is 7.11. The minimum atomic E-state index is -0.917. The van der Waals surface area contributed by atoms with Gasteiger partial charge < -0.3 is 20.6 Å². The highest BCUT2D eigenvalue weighted by molar-refractivity contribution is 5.95. The molecule has 1 aliphatic heterocycles. The number of aromatic carboxylic acids is 1. The molecule has 0 saturated carbocycles. The predicted octanol–water partition coefficient (Wildman–Crippen LogP) is 1.89. The van der Waals surface area contributed by atoms with Gasteiger partial charge in [0.15, 0.2) is 0 Å². The lowest BCUT2D eigenvalue weighted by molar-refractivity contribution is 0.0697. The Kier molecular flexibility index (Phi) is 4.49. The van der Waals surface area contributed by atoms with E-state index in [1.54, 1.807) is 12.1 Å². The van der Waals surface area contributed by atoms with Crippen molar-refractivity contribution in [3.05, 3.63) is 23.8 Å². The molecule has 0 aromatic heterocycles. The van der Waals surface area contributed by atoms with Crippen molar-refractivity contribution in [1.82, 2.24) is 4.90 Å². The lowest BCUT2D eigenvalue weighted by Crippen LogP contribution is -2.40. The summed E-state index contributed by atoms with van der Waals surface area (Å²) in [4.78, 5) is 16.0. The lowest BCUT2D eigenvalue weighted by atomic mass is 10.1. The average Bonchev–Trinajstić information content (AvgIpc) is 2.60. The van der Waals surface area contributed by atoms with Crippen molar-refractivity contribution in [2.45, 2.75) is 25.8 Å². The van der Waals surface area contributed by atoms with Gasteiger partial charge in [-0.15, -0.1) is 0 Å². The number of benzene rings is 1. The highest BCUT2D eigenvalue weighted by Crippen LogP contribution is 2.27. The first-order valence-electron chi connectivity index (χ1n) is 7.11. The van der Waals surface area contributed by atoms with Crippen LogP contribution in [0.25, 0.3) is 0 Å². The van der Waals surface area contributed by atoms with Crippen LogP contribution in [0.5, 0.6) is 0 Å². The van der Waals surface area contributed by atoms with Crippen molar-refractivity contribution in [3.8, 4) is 0 Å². The van der Waals surface area contributed by atoms with Crippen molar-refractivity contribution in [1.29, 1.82) is 0 Å². The van der Waals surface area contributed by atoms with Gasteiger partial charge in [-0.05, 0) is 44.6 Å². The quantitative estimate of drug-likeness (QED) is 0.826. The molecular formula is C15H23N3O2. The normalized spacial score (nSPS) is 20.7. The molecule has 3 N–H and O–H groups in total. The van der Waals surface area contributed by atoms with Crippen LogP contribution in [0.2, 0.25) is 0 Å². The van der Waals surface area contributed by atoms with Gasteiger partial charge in [-0.1, -0.05) is 6.92 Å². The van der Waals surface area contributed by atoms with Gasteiger partial charge in [-0.3, -0.25) is 0 Å². The molecule has 0 radical (unpaired) electrons. The Morgan fingerprint density at radius 3 is 2.85 bits per heavy atom. The number of rotatable bonds is 3. The molecule has 1 unspecified atom stereocenters. The fourth-order valence-corrected chi connectivity index (χ4v) is 2.89. The molecule has 0 amide bonds.